The molecule has 0 saturated carbocycles. The van der Waals surface area contributed by atoms with Gasteiger partial charge in [-0.15, -0.1) is 10.2 Å². The van der Waals surface area contributed by atoms with E-state index in [1.165, 1.54) is 0 Å². The summed E-state index contributed by atoms with van der Waals surface area (Å²) in [4.78, 5) is 0. The lowest BCUT2D eigenvalue weighted by Crippen LogP contribution is -2.03. The van der Waals surface area contributed by atoms with Crippen molar-refractivity contribution in [3.05, 3.63) is 40.4 Å². The average molecular weight is 258 g/mol. The van der Waals surface area contributed by atoms with E-state index in [4.69, 9.17) is 27.9 Å². The minimum absolute atomic E-state index is 0.302. The summed E-state index contributed by atoms with van der Waals surface area (Å²) in [5.41, 5.74) is 0. The molecule has 2 aromatic rings. The number of hydrogen-bond donors (Lipinski definition) is 0. The van der Waals surface area contributed by atoms with Gasteiger partial charge in [0.15, 0.2) is 5.82 Å². The molecule has 1 heterocycles. The van der Waals surface area contributed by atoms with Gasteiger partial charge in [-0.25, -0.2) is 0 Å². The Kier molecular flexibility index (Phi) is 3.31. The van der Waals surface area contributed by atoms with E-state index in [-0.39, 0.29) is 0 Å². The van der Waals surface area contributed by atoms with Crippen LogP contribution in [0.2, 0.25) is 10.0 Å². The molecule has 0 atom stereocenters. The molecule has 2 rings (SSSR count). The minimum atomic E-state index is 0.302. The van der Waals surface area contributed by atoms with Crippen molar-refractivity contribution in [3.63, 3.8) is 0 Å². The van der Waals surface area contributed by atoms with Gasteiger partial charge in [0.1, 0.15) is 18.7 Å². The molecule has 0 bridgehead atoms. The van der Waals surface area contributed by atoms with E-state index < -0.39 is 0 Å². The van der Waals surface area contributed by atoms with Crippen molar-refractivity contribution in [2.45, 2.75) is 6.61 Å². The molecule has 0 radical (unpaired) electrons. The smallest absolute Gasteiger partial charge is 0.170 e. The fourth-order valence-corrected chi connectivity index (χ4v) is 1.50. The van der Waals surface area contributed by atoms with Crippen molar-refractivity contribution in [1.29, 1.82) is 0 Å². The largest absolute Gasteiger partial charge is 0.484 e. The fourth-order valence-electron chi connectivity index (χ4n) is 1.17. The second-order valence-corrected chi connectivity index (χ2v) is 4.07. The van der Waals surface area contributed by atoms with Crippen molar-refractivity contribution >= 4 is 23.2 Å². The van der Waals surface area contributed by atoms with Gasteiger partial charge in [0.2, 0.25) is 0 Å². The zero-order valence-electron chi connectivity index (χ0n) is 8.52. The van der Waals surface area contributed by atoms with Crippen LogP contribution >= 0.6 is 23.2 Å². The van der Waals surface area contributed by atoms with Gasteiger partial charge in [0.05, 0.1) is 5.02 Å². The lowest BCUT2D eigenvalue weighted by atomic mass is 10.3. The Morgan fingerprint density at radius 2 is 2.19 bits per heavy atom. The summed E-state index contributed by atoms with van der Waals surface area (Å²) in [6, 6.07) is 5.06. The first-order chi connectivity index (χ1) is 7.66. The standard InChI is InChI=1S/C10H9Cl2N3O/c1-15-6-13-14-10(15)5-16-9-4-7(11)2-3-8(9)12/h2-4,6H,5H2,1H3. The average Bonchev–Trinajstić information content (AvgIpc) is 2.66. The zero-order valence-corrected chi connectivity index (χ0v) is 10.0. The lowest BCUT2D eigenvalue weighted by molar-refractivity contribution is 0.291. The molecular weight excluding hydrogens is 249 g/mol. The van der Waals surface area contributed by atoms with Gasteiger partial charge in [-0.1, -0.05) is 23.2 Å². The summed E-state index contributed by atoms with van der Waals surface area (Å²) in [6.45, 7) is 0.302. The second-order valence-electron chi connectivity index (χ2n) is 3.22. The SMILES string of the molecule is Cn1cnnc1COc1cc(Cl)ccc1Cl. The van der Waals surface area contributed by atoms with Crippen LogP contribution < -0.4 is 4.74 Å². The van der Waals surface area contributed by atoms with E-state index in [9.17, 15) is 0 Å². The van der Waals surface area contributed by atoms with E-state index in [2.05, 4.69) is 10.2 Å². The molecule has 0 amide bonds. The number of nitrogens with zero attached hydrogens (tertiary/aromatic N) is 3. The van der Waals surface area contributed by atoms with Crippen LogP contribution in [0.25, 0.3) is 0 Å². The Hall–Kier alpha value is -1.26. The third-order valence-electron chi connectivity index (χ3n) is 2.06. The molecule has 1 aromatic heterocycles. The predicted molar refractivity (Wildman–Crippen MR) is 61.8 cm³/mol. The first-order valence-electron chi connectivity index (χ1n) is 4.57. The van der Waals surface area contributed by atoms with E-state index >= 15 is 0 Å². The monoisotopic (exact) mass is 257 g/mol. The van der Waals surface area contributed by atoms with Crippen molar-refractivity contribution < 1.29 is 4.74 Å². The van der Waals surface area contributed by atoms with Gasteiger partial charge in [0, 0.05) is 18.1 Å². The highest BCUT2D eigenvalue weighted by Gasteiger charge is 2.05. The number of aromatic nitrogens is 3. The van der Waals surface area contributed by atoms with Crippen LogP contribution in [-0.4, -0.2) is 14.8 Å². The molecule has 0 N–H and O–H groups in total. The third kappa shape index (κ3) is 2.46. The number of hydrogen-bond acceptors (Lipinski definition) is 3. The van der Waals surface area contributed by atoms with Crippen LogP contribution in [-0.2, 0) is 13.7 Å². The normalized spacial score (nSPS) is 10.4. The maximum atomic E-state index is 5.95. The van der Waals surface area contributed by atoms with Crippen LogP contribution in [0, 0.1) is 0 Å². The van der Waals surface area contributed by atoms with Gasteiger partial charge < -0.3 is 9.30 Å². The Morgan fingerprint density at radius 3 is 2.88 bits per heavy atom. The minimum Gasteiger partial charge on any atom is -0.484 e. The number of benzene rings is 1. The number of rotatable bonds is 3. The Bertz CT molecular complexity index is 499. The molecule has 1 aromatic carbocycles. The molecular formula is C10H9Cl2N3O. The number of ether oxygens (including phenoxy) is 1. The number of halogens is 2. The highest BCUT2D eigenvalue weighted by Crippen LogP contribution is 2.28. The van der Waals surface area contributed by atoms with Gasteiger partial charge in [0.25, 0.3) is 0 Å². The molecule has 0 fully saturated rings. The van der Waals surface area contributed by atoms with Crippen molar-refractivity contribution in [1.82, 2.24) is 14.8 Å². The van der Waals surface area contributed by atoms with Crippen LogP contribution in [0.3, 0.4) is 0 Å². The molecule has 0 saturated heterocycles. The van der Waals surface area contributed by atoms with Crippen LogP contribution in [0.5, 0.6) is 5.75 Å². The first kappa shape index (κ1) is 11.2. The number of aryl methyl sites for hydroxylation is 1. The second kappa shape index (κ2) is 4.72. The molecule has 0 spiro atoms. The maximum Gasteiger partial charge on any atom is 0.170 e. The van der Waals surface area contributed by atoms with E-state index in [0.29, 0.717) is 22.4 Å². The Balaban J connectivity index is 2.10. The Morgan fingerprint density at radius 1 is 1.38 bits per heavy atom. The zero-order chi connectivity index (χ0) is 11.5. The van der Waals surface area contributed by atoms with Gasteiger partial charge in [-0.05, 0) is 12.1 Å². The molecule has 6 heteroatoms. The fraction of sp³-hybridized carbons (Fsp3) is 0.200. The van der Waals surface area contributed by atoms with Gasteiger partial charge in [-0.2, -0.15) is 0 Å². The highest BCUT2D eigenvalue weighted by atomic mass is 35.5. The highest BCUT2D eigenvalue weighted by molar-refractivity contribution is 6.34. The molecule has 0 unspecified atom stereocenters. The summed E-state index contributed by atoms with van der Waals surface area (Å²) in [6.07, 6.45) is 1.61. The summed E-state index contributed by atoms with van der Waals surface area (Å²) in [5.74, 6) is 1.26. The third-order valence-corrected chi connectivity index (χ3v) is 2.60. The Labute approximate surface area is 103 Å². The van der Waals surface area contributed by atoms with E-state index in [0.717, 1.165) is 5.82 Å². The maximum absolute atomic E-state index is 5.95. The van der Waals surface area contributed by atoms with E-state index in [1.54, 1.807) is 29.1 Å². The molecule has 0 aliphatic rings. The predicted octanol–water partition coefficient (Wildman–Crippen LogP) is 2.70. The summed E-state index contributed by atoms with van der Waals surface area (Å²) in [7, 11) is 1.85. The summed E-state index contributed by atoms with van der Waals surface area (Å²) < 4.78 is 7.28. The van der Waals surface area contributed by atoms with E-state index in [1.807, 2.05) is 7.05 Å². The molecule has 0 aliphatic heterocycles. The molecule has 16 heavy (non-hydrogen) atoms. The topological polar surface area (TPSA) is 39.9 Å². The molecule has 0 aliphatic carbocycles. The van der Waals surface area contributed by atoms with Crippen LogP contribution in [0.15, 0.2) is 24.5 Å². The van der Waals surface area contributed by atoms with Crippen molar-refractivity contribution in [2.24, 2.45) is 7.05 Å². The quantitative estimate of drug-likeness (QED) is 0.849. The van der Waals surface area contributed by atoms with Crippen molar-refractivity contribution in [3.8, 4) is 5.75 Å². The van der Waals surface area contributed by atoms with Gasteiger partial charge >= 0.3 is 0 Å². The lowest BCUT2D eigenvalue weighted by Gasteiger charge is -2.07. The summed E-state index contributed by atoms with van der Waals surface area (Å²) >= 11 is 11.8. The van der Waals surface area contributed by atoms with Crippen molar-refractivity contribution in [2.75, 3.05) is 0 Å². The molecule has 4 nitrogen and oxygen atoms in total. The van der Waals surface area contributed by atoms with Crippen LogP contribution in [0.1, 0.15) is 5.82 Å². The van der Waals surface area contributed by atoms with Crippen LogP contribution in [0.4, 0.5) is 0 Å². The molecule has 84 valence electrons. The summed E-state index contributed by atoms with van der Waals surface area (Å²) in [5, 5.41) is 8.74. The first-order valence-corrected chi connectivity index (χ1v) is 5.33. The van der Waals surface area contributed by atoms with Gasteiger partial charge in [-0.3, -0.25) is 0 Å².